The highest BCUT2D eigenvalue weighted by molar-refractivity contribution is 7.98. The van der Waals surface area contributed by atoms with E-state index in [1.165, 1.54) is 35.8 Å². The first-order valence-electron chi connectivity index (χ1n) is 13.1. The Morgan fingerprint density at radius 3 is 2.17 bits per heavy atom. The van der Waals surface area contributed by atoms with Gasteiger partial charge in [0.05, 0.1) is 17.2 Å². The van der Waals surface area contributed by atoms with Crippen LogP contribution in [0.5, 0.6) is 5.75 Å². The predicted octanol–water partition coefficient (Wildman–Crippen LogP) is 4.86. The maximum absolute atomic E-state index is 14.0. The lowest BCUT2D eigenvalue weighted by Crippen LogP contribution is -2.51. The maximum Gasteiger partial charge on any atom is 0.264 e. The summed E-state index contributed by atoms with van der Waals surface area (Å²) < 4.78 is 34.6. The van der Waals surface area contributed by atoms with Gasteiger partial charge in [-0.3, -0.25) is 13.9 Å². The zero-order valence-electron chi connectivity index (χ0n) is 23.6. The van der Waals surface area contributed by atoms with E-state index < -0.39 is 28.5 Å². The third-order valence-electron chi connectivity index (χ3n) is 6.60. The van der Waals surface area contributed by atoms with Crippen LogP contribution in [0, 0.1) is 6.92 Å². The van der Waals surface area contributed by atoms with Crippen molar-refractivity contribution < 1.29 is 22.7 Å². The van der Waals surface area contributed by atoms with Crippen molar-refractivity contribution in [3.8, 4) is 5.75 Å². The molecule has 0 aromatic heterocycles. The Hall–Kier alpha value is -3.50. The third-order valence-corrected chi connectivity index (χ3v) is 9.13. The maximum atomic E-state index is 14.0. The molecule has 0 saturated carbocycles. The van der Waals surface area contributed by atoms with Crippen molar-refractivity contribution >= 4 is 39.3 Å². The molecule has 40 heavy (non-hydrogen) atoms. The lowest BCUT2D eigenvalue weighted by atomic mass is 10.1. The summed E-state index contributed by atoms with van der Waals surface area (Å²) in [6.07, 6.45) is 2.28. The number of rotatable bonds is 13. The van der Waals surface area contributed by atoms with Crippen molar-refractivity contribution in [3.63, 3.8) is 0 Å². The number of anilines is 1. The number of hydrogen-bond acceptors (Lipinski definition) is 6. The Morgan fingerprint density at radius 2 is 1.62 bits per heavy atom. The number of thioether (sulfide) groups is 1. The molecule has 0 aliphatic rings. The highest BCUT2D eigenvalue weighted by Crippen LogP contribution is 2.28. The van der Waals surface area contributed by atoms with E-state index >= 15 is 0 Å². The standard InChI is InChI=1S/C30H37N3O5S2/c1-6-28(30(35)31-4)32(20-23-11-9-8-10-22(23)3)29(34)21-33(24-12-14-25(15-13-24)38-7-2)40(36,37)27-18-16-26(39-5)17-19-27/h8-19,28H,6-7,20-21H2,1-5H3,(H,31,35)/t28-/m0/s1. The highest BCUT2D eigenvalue weighted by Gasteiger charge is 2.33. The molecule has 0 aliphatic carbocycles. The van der Waals surface area contributed by atoms with Crippen LogP contribution in [-0.2, 0) is 26.2 Å². The molecule has 0 fully saturated rings. The molecule has 0 radical (unpaired) electrons. The zero-order valence-corrected chi connectivity index (χ0v) is 25.2. The van der Waals surface area contributed by atoms with Crippen LogP contribution in [0.2, 0.25) is 0 Å². The highest BCUT2D eigenvalue weighted by atomic mass is 32.2. The Balaban J connectivity index is 2.07. The largest absolute Gasteiger partial charge is 0.494 e. The average molecular weight is 584 g/mol. The quantitative estimate of drug-likeness (QED) is 0.289. The molecule has 3 aromatic carbocycles. The summed E-state index contributed by atoms with van der Waals surface area (Å²) in [6, 6.07) is 20.0. The second-order valence-corrected chi connectivity index (χ2v) is 11.8. The van der Waals surface area contributed by atoms with Crippen molar-refractivity contribution in [3.05, 3.63) is 83.9 Å². The summed E-state index contributed by atoms with van der Waals surface area (Å²) in [7, 11) is -2.61. The van der Waals surface area contributed by atoms with Crippen LogP contribution in [0.4, 0.5) is 5.69 Å². The van der Waals surface area contributed by atoms with E-state index in [-0.39, 0.29) is 17.3 Å². The molecule has 1 N–H and O–H groups in total. The molecule has 0 unspecified atom stereocenters. The molecule has 214 valence electrons. The molecule has 3 aromatic rings. The van der Waals surface area contributed by atoms with Crippen molar-refractivity contribution in [2.45, 2.75) is 49.6 Å². The molecule has 0 bridgehead atoms. The van der Waals surface area contributed by atoms with Gasteiger partial charge in [0.15, 0.2) is 0 Å². The van der Waals surface area contributed by atoms with Crippen molar-refractivity contribution in [2.24, 2.45) is 0 Å². The van der Waals surface area contributed by atoms with E-state index in [4.69, 9.17) is 4.74 Å². The molecule has 0 heterocycles. The molecule has 1 atom stereocenters. The van der Waals surface area contributed by atoms with Gasteiger partial charge >= 0.3 is 0 Å². The molecular formula is C30H37N3O5S2. The van der Waals surface area contributed by atoms with Gasteiger partial charge in [-0.25, -0.2) is 8.42 Å². The second kappa shape index (κ2) is 14.2. The Labute approximate surface area is 241 Å². The molecule has 8 nitrogen and oxygen atoms in total. The molecule has 3 rings (SSSR count). The van der Waals surface area contributed by atoms with Gasteiger partial charge < -0.3 is 15.0 Å². The SMILES string of the molecule is CCOc1ccc(N(CC(=O)N(Cc2ccccc2C)[C@@H](CC)C(=O)NC)S(=O)(=O)c2ccc(SC)cc2)cc1. The number of benzene rings is 3. The number of nitrogens with one attached hydrogen (secondary N) is 1. The van der Waals surface area contributed by atoms with E-state index in [2.05, 4.69) is 5.32 Å². The second-order valence-electron chi connectivity index (χ2n) is 9.10. The number of nitrogens with zero attached hydrogens (tertiary/aromatic N) is 2. The normalized spacial score (nSPS) is 11.9. The number of amides is 2. The molecule has 10 heteroatoms. The van der Waals surface area contributed by atoms with Crippen LogP contribution in [0.3, 0.4) is 0 Å². The smallest absolute Gasteiger partial charge is 0.264 e. The van der Waals surface area contributed by atoms with Gasteiger partial charge in [0.1, 0.15) is 18.3 Å². The zero-order chi connectivity index (χ0) is 29.3. The summed E-state index contributed by atoms with van der Waals surface area (Å²) in [5.74, 6) is -0.212. The van der Waals surface area contributed by atoms with Gasteiger partial charge in [-0.15, -0.1) is 11.8 Å². The van der Waals surface area contributed by atoms with E-state index in [0.717, 1.165) is 20.3 Å². The number of aryl methyl sites for hydroxylation is 1. The van der Waals surface area contributed by atoms with Gasteiger partial charge in [-0.2, -0.15) is 0 Å². The van der Waals surface area contributed by atoms with Crippen molar-refractivity contribution in [1.82, 2.24) is 10.2 Å². The number of ether oxygens (including phenoxy) is 1. The van der Waals surface area contributed by atoms with Crippen molar-refractivity contribution in [2.75, 3.05) is 30.8 Å². The van der Waals surface area contributed by atoms with Gasteiger partial charge in [-0.1, -0.05) is 31.2 Å². The van der Waals surface area contributed by atoms with E-state index in [9.17, 15) is 18.0 Å². The fraction of sp³-hybridized carbons (Fsp3) is 0.333. The van der Waals surface area contributed by atoms with Crippen LogP contribution >= 0.6 is 11.8 Å². The molecular weight excluding hydrogens is 546 g/mol. The fourth-order valence-corrected chi connectivity index (χ4v) is 6.16. The lowest BCUT2D eigenvalue weighted by Gasteiger charge is -2.33. The number of carbonyl (C=O) groups excluding carboxylic acids is 2. The topological polar surface area (TPSA) is 96.0 Å². The van der Waals surface area contributed by atoms with E-state index in [0.29, 0.717) is 24.5 Å². The number of carbonyl (C=O) groups is 2. The minimum Gasteiger partial charge on any atom is -0.494 e. The van der Waals surface area contributed by atoms with Crippen LogP contribution in [-0.4, -0.2) is 57.6 Å². The Morgan fingerprint density at radius 1 is 0.975 bits per heavy atom. The minimum absolute atomic E-state index is 0.0655. The number of likely N-dealkylation sites (N-methyl/N-ethyl adjacent to an activating group) is 1. The Bertz CT molecular complexity index is 1390. The number of sulfonamides is 1. The van der Waals surface area contributed by atoms with E-state index in [1.54, 1.807) is 36.4 Å². The number of hydrogen-bond donors (Lipinski definition) is 1. The third kappa shape index (κ3) is 7.37. The summed E-state index contributed by atoms with van der Waals surface area (Å²) in [5.41, 5.74) is 2.16. The molecule has 0 aliphatic heterocycles. The fourth-order valence-electron chi connectivity index (χ4n) is 4.34. The van der Waals surface area contributed by atoms with Crippen LogP contribution < -0.4 is 14.4 Å². The van der Waals surface area contributed by atoms with Gasteiger partial charge in [0.25, 0.3) is 10.0 Å². The van der Waals surface area contributed by atoms with Gasteiger partial charge in [-0.05, 0) is 86.2 Å². The Kier molecular flexibility index (Phi) is 11.0. The summed E-state index contributed by atoms with van der Waals surface area (Å²) >= 11 is 1.51. The first-order chi connectivity index (χ1) is 19.2. The monoisotopic (exact) mass is 583 g/mol. The van der Waals surface area contributed by atoms with Gasteiger partial charge in [0, 0.05) is 18.5 Å². The minimum atomic E-state index is -4.14. The van der Waals surface area contributed by atoms with Crippen LogP contribution in [0.1, 0.15) is 31.4 Å². The lowest BCUT2D eigenvalue weighted by molar-refractivity contribution is -0.140. The molecule has 0 spiro atoms. The van der Waals surface area contributed by atoms with Crippen LogP contribution in [0.15, 0.2) is 82.6 Å². The average Bonchev–Trinajstić information content (AvgIpc) is 2.97. The summed E-state index contributed by atoms with van der Waals surface area (Å²) in [5, 5.41) is 2.64. The first-order valence-corrected chi connectivity index (χ1v) is 15.8. The van der Waals surface area contributed by atoms with Crippen molar-refractivity contribution in [1.29, 1.82) is 0 Å². The molecule has 2 amide bonds. The summed E-state index contributed by atoms with van der Waals surface area (Å²) in [6.45, 7) is 5.77. The summed E-state index contributed by atoms with van der Waals surface area (Å²) in [4.78, 5) is 29.3. The molecule has 0 saturated heterocycles. The predicted molar refractivity (Wildman–Crippen MR) is 160 cm³/mol. The first kappa shape index (κ1) is 31.0. The van der Waals surface area contributed by atoms with Crippen LogP contribution in [0.25, 0.3) is 0 Å². The van der Waals surface area contributed by atoms with E-state index in [1.807, 2.05) is 51.3 Å². The van der Waals surface area contributed by atoms with Gasteiger partial charge in [0.2, 0.25) is 11.8 Å².